The van der Waals surface area contributed by atoms with Crippen LogP contribution in [0.2, 0.25) is 0 Å². The quantitative estimate of drug-likeness (QED) is 0.901. The van der Waals surface area contributed by atoms with E-state index in [9.17, 15) is 0 Å². The number of hydrogen-bond donors (Lipinski definition) is 1. The minimum absolute atomic E-state index is 0.481. The van der Waals surface area contributed by atoms with Crippen molar-refractivity contribution < 1.29 is 4.74 Å². The molecule has 1 heterocycles. The van der Waals surface area contributed by atoms with E-state index < -0.39 is 0 Å². The Labute approximate surface area is 128 Å². The third kappa shape index (κ3) is 3.15. The van der Waals surface area contributed by atoms with Crippen LogP contribution in [0.3, 0.4) is 0 Å². The van der Waals surface area contributed by atoms with Crippen LogP contribution < -0.4 is 5.32 Å². The summed E-state index contributed by atoms with van der Waals surface area (Å²) in [5.74, 6) is 0. The van der Waals surface area contributed by atoms with Gasteiger partial charge in [0.25, 0.3) is 0 Å². The van der Waals surface area contributed by atoms with Crippen molar-refractivity contribution in [1.29, 1.82) is 0 Å². The molecule has 1 aliphatic carbocycles. The molecule has 0 aromatic heterocycles. The van der Waals surface area contributed by atoms with E-state index in [0.29, 0.717) is 18.1 Å². The molecule has 1 N–H and O–H groups in total. The summed E-state index contributed by atoms with van der Waals surface area (Å²) in [6.45, 7) is 5.17. The first-order valence-electron chi connectivity index (χ1n) is 8.42. The van der Waals surface area contributed by atoms with Gasteiger partial charge in [-0.2, -0.15) is 0 Å². The first-order valence-corrected chi connectivity index (χ1v) is 8.42. The van der Waals surface area contributed by atoms with Crippen molar-refractivity contribution in [3.63, 3.8) is 0 Å². The van der Waals surface area contributed by atoms with Gasteiger partial charge in [0.15, 0.2) is 0 Å². The van der Waals surface area contributed by atoms with Gasteiger partial charge >= 0.3 is 0 Å². The lowest BCUT2D eigenvalue weighted by molar-refractivity contribution is 0.0238. The van der Waals surface area contributed by atoms with Crippen LogP contribution in [0.25, 0.3) is 0 Å². The topological polar surface area (TPSA) is 24.5 Å². The van der Waals surface area contributed by atoms with E-state index in [2.05, 4.69) is 48.5 Å². The van der Waals surface area contributed by atoms with Crippen molar-refractivity contribution >= 4 is 0 Å². The molecule has 1 aromatic rings. The molecule has 116 valence electrons. The summed E-state index contributed by atoms with van der Waals surface area (Å²) in [7, 11) is 2.31. The van der Waals surface area contributed by atoms with Crippen molar-refractivity contribution in [1.82, 2.24) is 10.2 Å². The van der Waals surface area contributed by atoms with Crippen LogP contribution >= 0.6 is 0 Å². The lowest BCUT2D eigenvalue weighted by Gasteiger charge is -2.38. The number of ether oxygens (including phenoxy) is 1. The van der Waals surface area contributed by atoms with Gasteiger partial charge in [0.1, 0.15) is 0 Å². The number of fused-ring (bicyclic) bond motifs is 1. The molecular weight excluding hydrogens is 260 g/mol. The van der Waals surface area contributed by atoms with Gasteiger partial charge in [0.2, 0.25) is 0 Å². The van der Waals surface area contributed by atoms with Gasteiger partial charge in [-0.25, -0.2) is 0 Å². The van der Waals surface area contributed by atoms with Crippen molar-refractivity contribution in [3.05, 3.63) is 35.4 Å². The normalized spacial score (nSPS) is 26.2. The second kappa shape index (κ2) is 6.91. The van der Waals surface area contributed by atoms with Gasteiger partial charge in [-0.1, -0.05) is 31.2 Å². The fourth-order valence-corrected chi connectivity index (χ4v) is 3.86. The molecular formula is C18H28N2O. The molecule has 3 nitrogen and oxygen atoms in total. The minimum Gasteiger partial charge on any atom is -0.381 e. The van der Waals surface area contributed by atoms with Crippen molar-refractivity contribution in [2.45, 2.75) is 50.7 Å². The van der Waals surface area contributed by atoms with Gasteiger partial charge < -0.3 is 10.1 Å². The molecule has 3 rings (SSSR count). The molecule has 2 unspecified atom stereocenters. The average molecular weight is 288 g/mol. The highest BCUT2D eigenvalue weighted by Gasteiger charge is 2.37. The molecule has 0 amide bonds. The van der Waals surface area contributed by atoms with E-state index in [-0.39, 0.29) is 0 Å². The maximum atomic E-state index is 5.52. The zero-order valence-electron chi connectivity index (χ0n) is 13.3. The lowest BCUT2D eigenvalue weighted by Crippen LogP contribution is -2.48. The molecule has 1 fully saturated rings. The highest BCUT2D eigenvalue weighted by atomic mass is 16.5. The van der Waals surface area contributed by atoms with E-state index >= 15 is 0 Å². The van der Waals surface area contributed by atoms with E-state index in [1.54, 1.807) is 0 Å². The van der Waals surface area contributed by atoms with Crippen molar-refractivity contribution in [3.8, 4) is 0 Å². The average Bonchev–Trinajstić information content (AvgIpc) is 2.91. The number of benzene rings is 1. The summed E-state index contributed by atoms with van der Waals surface area (Å²) in [6, 6.07) is 10.7. The summed E-state index contributed by atoms with van der Waals surface area (Å²) in [5, 5.41) is 3.78. The number of likely N-dealkylation sites (N-methyl/N-ethyl adjacent to an activating group) is 1. The van der Waals surface area contributed by atoms with Crippen LogP contribution in [0.4, 0.5) is 0 Å². The third-order valence-corrected chi connectivity index (χ3v) is 5.11. The minimum atomic E-state index is 0.481. The fraction of sp³-hybridized carbons (Fsp3) is 0.667. The van der Waals surface area contributed by atoms with E-state index in [1.807, 2.05) is 0 Å². The standard InChI is InChI=1S/C18H28N2O/c1-3-10-19-18-16-7-5-4-6-14(16)13-17(18)20(2)15-8-11-21-12-9-15/h4-7,15,17-19H,3,8-13H2,1-2H3. The number of hydrogen-bond acceptors (Lipinski definition) is 3. The van der Waals surface area contributed by atoms with Gasteiger partial charge in [-0.3, -0.25) is 4.90 Å². The molecule has 2 atom stereocenters. The van der Waals surface area contributed by atoms with Crippen LogP contribution in [-0.2, 0) is 11.2 Å². The summed E-state index contributed by atoms with van der Waals surface area (Å²) < 4.78 is 5.52. The first kappa shape index (κ1) is 15.0. The summed E-state index contributed by atoms with van der Waals surface area (Å²) in [4.78, 5) is 2.62. The molecule has 2 aliphatic rings. The van der Waals surface area contributed by atoms with Crippen LogP contribution in [0.1, 0.15) is 43.4 Å². The first-order chi connectivity index (χ1) is 10.3. The molecule has 1 aliphatic heterocycles. The van der Waals surface area contributed by atoms with Crippen LogP contribution in [0.5, 0.6) is 0 Å². The number of rotatable bonds is 5. The molecule has 1 saturated heterocycles. The Hall–Kier alpha value is -0.900. The monoisotopic (exact) mass is 288 g/mol. The Bertz CT molecular complexity index is 456. The predicted molar refractivity (Wildman–Crippen MR) is 86.6 cm³/mol. The maximum Gasteiger partial charge on any atom is 0.0484 e. The second-order valence-electron chi connectivity index (χ2n) is 6.41. The van der Waals surface area contributed by atoms with Gasteiger partial charge in [-0.05, 0) is 50.4 Å². The van der Waals surface area contributed by atoms with E-state index in [1.165, 1.54) is 36.8 Å². The van der Waals surface area contributed by atoms with Crippen LogP contribution in [0.15, 0.2) is 24.3 Å². The molecule has 0 saturated carbocycles. The molecule has 0 radical (unpaired) electrons. The van der Waals surface area contributed by atoms with Crippen LogP contribution in [-0.4, -0.2) is 43.8 Å². The number of nitrogens with one attached hydrogen (secondary N) is 1. The Kier molecular flexibility index (Phi) is 4.94. The van der Waals surface area contributed by atoms with Gasteiger partial charge in [-0.15, -0.1) is 0 Å². The summed E-state index contributed by atoms with van der Waals surface area (Å²) >= 11 is 0. The molecule has 3 heteroatoms. The largest absolute Gasteiger partial charge is 0.381 e. The Morgan fingerprint density at radius 1 is 1.24 bits per heavy atom. The third-order valence-electron chi connectivity index (χ3n) is 5.11. The van der Waals surface area contributed by atoms with E-state index in [4.69, 9.17) is 4.74 Å². The fourth-order valence-electron chi connectivity index (χ4n) is 3.86. The summed E-state index contributed by atoms with van der Waals surface area (Å²) in [6.07, 6.45) is 4.70. The van der Waals surface area contributed by atoms with Gasteiger partial charge in [0.05, 0.1) is 0 Å². The van der Waals surface area contributed by atoms with Crippen LogP contribution in [0, 0.1) is 0 Å². The van der Waals surface area contributed by atoms with Crippen molar-refractivity contribution in [2.75, 3.05) is 26.8 Å². The second-order valence-corrected chi connectivity index (χ2v) is 6.41. The maximum absolute atomic E-state index is 5.52. The van der Waals surface area contributed by atoms with E-state index in [0.717, 1.165) is 19.8 Å². The summed E-state index contributed by atoms with van der Waals surface area (Å²) in [5.41, 5.74) is 3.03. The van der Waals surface area contributed by atoms with Gasteiger partial charge in [0, 0.05) is 31.3 Å². The number of nitrogens with zero attached hydrogens (tertiary/aromatic N) is 1. The predicted octanol–water partition coefficient (Wildman–Crippen LogP) is 2.76. The smallest absolute Gasteiger partial charge is 0.0484 e. The SMILES string of the molecule is CCCNC1c2ccccc2CC1N(C)C1CCOCC1. The Morgan fingerprint density at radius 3 is 2.76 bits per heavy atom. The zero-order valence-corrected chi connectivity index (χ0v) is 13.3. The lowest BCUT2D eigenvalue weighted by atomic mass is 10.0. The highest BCUT2D eigenvalue weighted by molar-refractivity contribution is 5.37. The zero-order chi connectivity index (χ0) is 14.7. The molecule has 0 bridgehead atoms. The molecule has 0 spiro atoms. The Balaban J connectivity index is 1.77. The van der Waals surface area contributed by atoms with Crippen molar-refractivity contribution in [2.24, 2.45) is 0 Å². The molecule has 21 heavy (non-hydrogen) atoms. The molecule has 1 aromatic carbocycles. The Morgan fingerprint density at radius 2 is 2.00 bits per heavy atom. The highest BCUT2D eigenvalue weighted by Crippen LogP contribution is 2.35.